The Morgan fingerprint density at radius 3 is 1.95 bits per heavy atom. The van der Waals surface area contributed by atoms with Crippen LogP contribution in [0.1, 0.15) is 31.4 Å². The first kappa shape index (κ1) is 13.5. The number of nitrogens with one attached hydrogen (secondary N) is 1. The first-order valence-electron chi connectivity index (χ1n) is 6.92. The Kier molecular flexibility index (Phi) is 4.51. The summed E-state index contributed by atoms with van der Waals surface area (Å²) in [6.07, 6.45) is 3.76. The average Bonchev–Trinajstić information content (AvgIpc) is 2.48. The lowest BCUT2D eigenvalue weighted by molar-refractivity contribution is 0.560. The maximum absolute atomic E-state index is 7.21. The second kappa shape index (κ2) is 6.33. The fourth-order valence-corrected chi connectivity index (χ4v) is 2.15. The van der Waals surface area contributed by atoms with Crippen LogP contribution in [-0.4, -0.2) is 6.21 Å². The number of benzene rings is 2. The Hall–Kier alpha value is -1.89. The molecule has 1 N–H and O–H groups in total. The van der Waals surface area contributed by atoms with Crippen LogP contribution in [-0.2, 0) is 6.42 Å². The molecule has 1 unspecified atom stereocenters. The fourth-order valence-electron chi connectivity index (χ4n) is 2.15. The molecule has 98 valence electrons. The van der Waals surface area contributed by atoms with Crippen molar-refractivity contribution in [2.75, 3.05) is 0 Å². The predicted molar refractivity (Wildman–Crippen MR) is 82.9 cm³/mol. The molecule has 1 heteroatoms. The zero-order valence-electron chi connectivity index (χ0n) is 11.7. The van der Waals surface area contributed by atoms with E-state index in [1.54, 1.807) is 0 Å². The van der Waals surface area contributed by atoms with Crippen molar-refractivity contribution in [2.45, 2.75) is 26.7 Å². The molecule has 0 spiro atoms. The Morgan fingerprint density at radius 1 is 0.947 bits per heavy atom. The molecule has 1 nitrogen and oxygen atoms in total. The van der Waals surface area contributed by atoms with Gasteiger partial charge in [-0.2, -0.15) is 0 Å². The Morgan fingerprint density at radius 2 is 1.47 bits per heavy atom. The molecule has 2 aromatic carbocycles. The van der Waals surface area contributed by atoms with Crippen LogP contribution in [0, 0.1) is 11.3 Å². The molecule has 0 aliphatic carbocycles. The van der Waals surface area contributed by atoms with Crippen LogP contribution in [0.5, 0.6) is 0 Å². The van der Waals surface area contributed by atoms with Gasteiger partial charge in [-0.1, -0.05) is 68.8 Å². The summed E-state index contributed by atoms with van der Waals surface area (Å²) in [7, 11) is 0. The largest absolute Gasteiger partial charge is 0.308 e. The van der Waals surface area contributed by atoms with Crippen LogP contribution in [0.4, 0.5) is 0 Å². The van der Waals surface area contributed by atoms with E-state index in [-0.39, 0.29) is 0 Å². The van der Waals surface area contributed by atoms with Gasteiger partial charge in [0.15, 0.2) is 0 Å². The Labute approximate surface area is 115 Å². The van der Waals surface area contributed by atoms with Crippen molar-refractivity contribution < 1.29 is 0 Å². The van der Waals surface area contributed by atoms with Crippen molar-refractivity contribution in [2.24, 2.45) is 5.92 Å². The molecule has 0 amide bonds. The van der Waals surface area contributed by atoms with E-state index in [1.807, 2.05) is 12.1 Å². The lowest BCUT2D eigenvalue weighted by atomic mass is 9.96. The summed E-state index contributed by atoms with van der Waals surface area (Å²) in [5, 5.41) is 7.21. The van der Waals surface area contributed by atoms with Crippen LogP contribution in [0.25, 0.3) is 11.1 Å². The standard InChI is InChI=1S/C18H21N/c1-3-14(2)12-15-4-8-17(9-5-15)18-10-6-16(13-19)7-11-18/h4-11,13-14,19H,3,12H2,1-2H3. The number of rotatable bonds is 5. The quantitative estimate of drug-likeness (QED) is 0.728. The molecule has 0 saturated carbocycles. The van der Waals surface area contributed by atoms with E-state index in [2.05, 4.69) is 50.2 Å². The summed E-state index contributed by atoms with van der Waals surface area (Å²) in [6, 6.07) is 16.9. The minimum Gasteiger partial charge on any atom is -0.308 e. The van der Waals surface area contributed by atoms with Crippen molar-refractivity contribution in [3.05, 3.63) is 59.7 Å². The summed E-state index contributed by atoms with van der Waals surface area (Å²) in [5.74, 6) is 0.748. The molecule has 0 aliphatic rings. The monoisotopic (exact) mass is 251 g/mol. The Bertz CT molecular complexity index is 523. The molecule has 0 radical (unpaired) electrons. The molecule has 0 aromatic heterocycles. The smallest absolute Gasteiger partial charge is 0.0250 e. The van der Waals surface area contributed by atoms with Gasteiger partial charge in [0.2, 0.25) is 0 Å². The van der Waals surface area contributed by atoms with E-state index in [1.165, 1.54) is 29.3 Å². The van der Waals surface area contributed by atoms with Gasteiger partial charge in [0.25, 0.3) is 0 Å². The molecular weight excluding hydrogens is 230 g/mol. The van der Waals surface area contributed by atoms with Crippen LogP contribution >= 0.6 is 0 Å². The maximum atomic E-state index is 7.21. The highest BCUT2D eigenvalue weighted by Gasteiger charge is 2.02. The van der Waals surface area contributed by atoms with Crippen LogP contribution in [0.2, 0.25) is 0 Å². The minimum atomic E-state index is 0.748. The van der Waals surface area contributed by atoms with Crippen LogP contribution in [0.3, 0.4) is 0 Å². The van der Waals surface area contributed by atoms with E-state index in [9.17, 15) is 0 Å². The first-order chi connectivity index (χ1) is 9.22. The average molecular weight is 251 g/mol. The van der Waals surface area contributed by atoms with Gasteiger partial charge in [0.05, 0.1) is 0 Å². The molecule has 19 heavy (non-hydrogen) atoms. The van der Waals surface area contributed by atoms with Crippen molar-refractivity contribution in [3.8, 4) is 11.1 Å². The summed E-state index contributed by atoms with van der Waals surface area (Å²) >= 11 is 0. The number of hydrogen-bond acceptors (Lipinski definition) is 1. The van der Waals surface area contributed by atoms with Gasteiger partial charge >= 0.3 is 0 Å². The zero-order valence-corrected chi connectivity index (χ0v) is 11.7. The SMILES string of the molecule is CCC(C)Cc1ccc(-c2ccc(C=N)cc2)cc1. The lowest BCUT2D eigenvalue weighted by Gasteiger charge is -2.09. The summed E-state index contributed by atoms with van der Waals surface area (Å²) in [4.78, 5) is 0. The van der Waals surface area contributed by atoms with Crippen LogP contribution in [0.15, 0.2) is 48.5 Å². The predicted octanol–water partition coefficient (Wildman–Crippen LogP) is 4.94. The zero-order chi connectivity index (χ0) is 13.7. The van der Waals surface area contributed by atoms with E-state index < -0.39 is 0 Å². The van der Waals surface area contributed by atoms with Crippen molar-refractivity contribution in [1.29, 1.82) is 5.41 Å². The van der Waals surface area contributed by atoms with Gasteiger partial charge in [-0.3, -0.25) is 0 Å². The molecular formula is C18H21N. The second-order valence-electron chi connectivity index (χ2n) is 5.18. The first-order valence-corrected chi connectivity index (χ1v) is 6.92. The lowest BCUT2D eigenvalue weighted by Crippen LogP contribution is -1.97. The van der Waals surface area contributed by atoms with Gasteiger partial charge < -0.3 is 5.41 Å². The topological polar surface area (TPSA) is 23.9 Å². The molecule has 1 atom stereocenters. The normalized spacial score (nSPS) is 12.1. The van der Waals surface area contributed by atoms with E-state index in [0.29, 0.717) is 0 Å². The van der Waals surface area contributed by atoms with E-state index in [4.69, 9.17) is 5.41 Å². The van der Waals surface area contributed by atoms with Gasteiger partial charge in [-0.05, 0) is 34.6 Å². The third-order valence-corrected chi connectivity index (χ3v) is 3.65. The second-order valence-corrected chi connectivity index (χ2v) is 5.18. The molecule has 0 bridgehead atoms. The number of hydrogen-bond donors (Lipinski definition) is 1. The molecule has 2 aromatic rings. The highest BCUT2D eigenvalue weighted by molar-refractivity contribution is 5.78. The van der Waals surface area contributed by atoms with Gasteiger partial charge in [-0.25, -0.2) is 0 Å². The van der Waals surface area contributed by atoms with Crippen molar-refractivity contribution in [3.63, 3.8) is 0 Å². The highest BCUT2D eigenvalue weighted by Crippen LogP contribution is 2.21. The fraction of sp³-hybridized carbons (Fsp3) is 0.278. The summed E-state index contributed by atoms with van der Waals surface area (Å²) in [6.45, 7) is 4.54. The molecule has 2 rings (SSSR count). The third kappa shape index (κ3) is 3.54. The molecule has 0 saturated heterocycles. The maximum Gasteiger partial charge on any atom is 0.0250 e. The summed E-state index contributed by atoms with van der Waals surface area (Å²) < 4.78 is 0. The molecule has 0 heterocycles. The highest BCUT2D eigenvalue weighted by atomic mass is 14.3. The van der Waals surface area contributed by atoms with E-state index in [0.717, 1.165) is 17.9 Å². The van der Waals surface area contributed by atoms with Crippen LogP contribution < -0.4 is 0 Å². The summed E-state index contributed by atoms with van der Waals surface area (Å²) in [5.41, 5.74) is 4.80. The Balaban J connectivity index is 2.14. The minimum absolute atomic E-state index is 0.748. The van der Waals surface area contributed by atoms with E-state index >= 15 is 0 Å². The van der Waals surface area contributed by atoms with Gasteiger partial charge in [-0.15, -0.1) is 0 Å². The molecule has 0 fully saturated rings. The van der Waals surface area contributed by atoms with Gasteiger partial charge in [0, 0.05) is 6.21 Å². The van der Waals surface area contributed by atoms with Gasteiger partial charge in [0.1, 0.15) is 0 Å². The van der Waals surface area contributed by atoms with Crippen molar-refractivity contribution >= 4 is 6.21 Å². The van der Waals surface area contributed by atoms with Crippen molar-refractivity contribution in [1.82, 2.24) is 0 Å². The molecule has 0 aliphatic heterocycles. The third-order valence-electron chi connectivity index (χ3n) is 3.65.